The zero-order chi connectivity index (χ0) is 20.2. The van der Waals surface area contributed by atoms with Crippen molar-refractivity contribution >= 4 is 34.3 Å². The highest BCUT2D eigenvalue weighted by Gasteiger charge is 2.08. The molecule has 5 N–H and O–H groups in total. The molecule has 144 valence electrons. The van der Waals surface area contributed by atoms with Crippen LogP contribution in [0.4, 0.5) is 17.3 Å². The van der Waals surface area contributed by atoms with Crippen molar-refractivity contribution in [2.24, 2.45) is 0 Å². The molecule has 0 aliphatic rings. The van der Waals surface area contributed by atoms with Crippen LogP contribution in [0.25, 0.3) is 11.0 Å². The fraction of sp³-hybridized carbons (Fsp3) is 0.0476. The number of nitrogens with two attached hydrogens (primary N) is 1. The molecule has 0 fully saturated rings. The number of amides is 1. The SMILES string of the molecule is Nc1ccccc1NC(=O)c1ccc(CNc2ncc3ccc(=O)[nH]c3n2)cc1. The first-order valence-corrected chi connectivity index (χ1v) is 8.93. The first-order chi connectivity index (χ1) is 14.1. The lowest BCUT2D eigenvalue weighted by atomic mass is 10.1. The van der Waals surface area contributed by atoms with Crippen molar-refractivity contribution in [1.82, 2.24) is 15.0 Å². The summed E-state index contributed by atoms with van der Waals surface area (Å²) in [6.07, 6.45) is 1.64. The Labute approximate surface area is 165 Å². The van der Waals surface area contributed by atoms with Gasteiger partial charge in [-0.2, -0.15) is 4.98 Å². The lowest BCUT2D eigenvalue weighted by molar-refractivity contribution is 0.102. The Balaban J connectivity index is 1.41. The number of H-pyrrole nitrogens is 1. The third kappa shape index (κ3) is 4.22. The number of rotatable bonds is 5. The van der Waals surface area contributed by atoms with Crippen LogP contribution in [0.15, 0.2) is 71.7 Å². The fourth-order valence-electron chi connectivity index (χ4n) is 2.78. The first kappa shape index (κ1) is 18.2. The molecular formula is C21H18N6O2. The Morgan fingerprint density at radius 2 is 1.83 bits per heavy atom. The van der Waals surface area contributed by atoms with Gasteiger partial charge in [0.15, 0.2) is 0 Å². The smallest absolute Gasteiger partial charge is 0.255 e. The van der Waals surface area contributed by atoms with Crippen molar-refractivity contribution < 1.29 is 4.79 Å². The van der Waals surface area contributed by atoms with E-state index in [1.54, 1.807) is 36.5 Å². The second kappa shape index (κ2) is 7.81. The summed E-state index contributed by atoms with van der Waals surface area (Å²) in [5.74, 6) is 0.171. The molecule has 0 saturated carbocycles. The minimum atomic E-state index is -0.232. The average Bonchev–Trinajstić information content (AvgIpc) is 2.74. The molecule has 0 saturated heterocycles. The number of anilines is 3. The molecule has 29 heavy (non-hydrogen) atoms. The minimum absolute atomic E-state index is 0.215. The summed E-state index contributed by atoms with van der Waals surface area (Å²) in [5, 5.41) is 6.66. The number of aromatic nitrogens is 3. The molecule has 4 rings (SSSR count). The van der Waals surface area contributed by atoms with Gasteiger partial charge in [-0.1, -0.05) is 24.3 Å². The number of nitrogens with one attached hydrogen (secondary N) is 3. The normalized spacial score (nSPS) is 10.6. The molecule has 0 bridgehead atoms. The second-order valence-electron chi connectivity index (χ2n) is 6.41. The zero-order valence-corrected chi connectivity index (χ0v) is 15.3. The van der Waals surface area contributed by atoms with Crippen molar-refractivity contribution in [1.29, 1.82) is 0 Å². The molecule has 8 heteroatoms. The van der Waals surface area contributed by atoms with Crippen molar-refractivity contribution in [3.63, 3.8) is 0 Å². The Bertz CT molecular complexity index is 1230. The van der Waals surface area contributed by atoms with Crippen LogP contribution in [0.1, 0.15) is 15.9 Å². The van der Waals surface area contributed by atoms with Crippen LogP contribution in [0.3, 0.4) is 0 Å². The molecule has 2 heterocycles. The van der Waals surface area contributed by atoms with Crippen LogP contribution in [0.5, 0.6) is 0 Å². The Hall–Kier alpha value is -4.20. The Morgan fingerprint density at radius 3 is 2.62 bits per heavy atom. The lowest BCUT2D eigenvalue weighted by Gasteiger charge is -2.09. The van der Waals surface area contributed by atoms with E-state index < -0.39 is 0 Å². The molecule has 0 aliphatic carbocycles. The van der Waals surface area contributed by atoms with Crippen LogP contribution >= 0.6 is 0 Å². The Morgan fingerprint density at radius 1 is 1.03 bits per heavy atom. The molecular weight excluding hydrogens is 368 g/mol. The number of hydrogen-bond donors (Lipinski definition) is 4. The van der Waals surface area contributed by atoms with Gasteiger partial charge in [0.1, 0.15) is 5.65 Å². The summed E-state index contributed by atoms with van der Waals surface area (Å²) in [7, 11) is 0. The highest BCUT2D eigenvalue weighted by molar-refractivity contribution is 6.05. The number of fused-ring (bicyclic) bond motifs is 1. The van der Waals surface area contributed by atoms with Gasteiger partial charge in [-0.3, -0.25) is 9.59 Å². The first-order valence-electron chi connectivity index (χ1n) is 8.93. The van der Waals surface area contributed by atoms with Crippen molar-refractivity contribution in [2.75, 3.05) is 16.4 Å². The molecule has 4 aromatic rings. The fourth-order valence-corrected chi connectivity index (χ4v) is 2.78. The molecule has 2 aromatic heterocycles. The number of aromatic amines is 1. The van der Waals surface area contributed by atoms with Crippen LogP contribution in [-0.4, -0.2) is 20.9 Å². The summed E-state index contributed by atoms with van der Waals surface area (Å²) in [5.41, 5.74) is 8.68. The van der Waals surface area contributed by atoms with E-state index in [0.29, 0.717) is 35.1 Å². The van der Waals surface area contributed by atoms with Gasteiger partial charge in [-0.15, -0.1) is 0 Å². The lowest BCUT2D eigenvalue weighted by Crippen LogP contribution is -2.13. The van der Waals surface area contributed by atoms with Gasteiger partial charge in [0.05, 0.1) is 11.4 Å². The number of hydrogen-bond acceptors (Lipinski definition) is 6. The van der Waals surface area contributed by atoms with Crippen molar-refractivity contribution in [2.45, 2.75) is 6.54 Å². The summed E-state index contributed by atoms with van der Waals surface area (Å²) < 4.78 is 0. The van der Waals surface area contributed by atoms with Crippen LogP contribution < -0.4 is 21.9 Å². The van der Waals surface area contributed by atoms with Gasteiger partial charge in [0.25, 0.3) is 5.91 Å². The number of nitrogens with zero attached hydrogens (tertiary/aromatic N) is 2. The van der Waals surface area contributed by atoms with Crippen molar-refractivity contribution in [3.8, 4) is 0 Å². The van der Waals surface area contributed by atoms with E-state index in [2.05, 4.69) is 25.6 Å². The second-order valence-corrected chi connectivity index (χ2v) is 6.41. The molecule has 0 aliphatic heterocycles. The van der Waals surface area contributed by atoms with Gasteiger partial charge in [0.2, 0.25) is 11.5 Å². The summed E-state index contributed by atoms with van der Waals surface area (Å²) in [6, 6.07) is 17.4. The van der Waals surface area contributed by atoms with E-state index in [-0.39, 0.29) is 11.5 Å². The molecule has 0 radical (unpaired) electrons. The monoisotopic (exact) mass is 386 g/mol. The third-order valence-corrected chi connectivity index (χ3v) is 4.35. The quantitative estimate of drug-likeness (QED) is 0.391. The standard InChI is InChI=1S/C21H18N6O2/c22-16-3-1-2-4-17(16)25-20(29)14-7-5-13(6-8-14)11-23-21-24-12-15-9-10-18(28)26-19(15)27-21/h1-10,12H,11,22H2,(H,25,29)(H2,23,24,26,27,28). The van der Waals surface area contributed by atoms with Gasteiger partial charge in [-0.25, -0.2) is 4.98 Å². The van der Waals surface area contributed by atoms with Crippen LogP contribution in [-0.2, 0) is 6.54 Å². The van der Waals surface area contributed by atoms with Crippen molar-refractivity contribution in [3.05, 3.63) is 88.3 Å². The molecule has 0 spiro atoms. The highest BCUT2D eigenvalue weighted by Crippen LogP contribution is 2.18. The number of benzene rings is 2. The number of carbonyl (C=O) groups excluding carboxylic acids is 1. The molecule has 8 nitrogen and oxygen atoms in total. The third-order valence-electron chi connectivity index (χ3n) is 4.35. The predicted molar refractivity (Wildman–Crippen MR) is 113 cm³/mol. The highest BCUT2D eigenvalue weighted by atomic mass is 16.1. The summed E-state index contributed by atoms with van der Waals surface area (Å²) >= 11 is 0. The van der Waals surface area contributed by atoms with Crippen LogP contribution in [0, 0.1) is 0 Å². The van der Waals surface area contributed by atoms with E-state index in [9.17, 15) is 9.59 Å². The Kier molecular flexibility index (Phi) is 4.90. The predicted octanol–water partition coefficient (Wildman–Crippen LogP) is 2.76. The van der Waals surface area contributed by atoms with E-state index in [0.717, 1.165) is 10.9 Å². The van der Waals surface area contributed by atoms with E-state index in [1.807, 2.05) is 24.3 Å². The van der Waals surface area contributed by atoms with Gasteiger partial charge >= 0.3 is 0 Å². The van der Waals surface area contributed by atoms with Gasteiger partial charge in [0, 0.05) is 29.8 Å². The van der Waals surface area contributed by atoms with E-state index in [1.165, 1.54) is 6.07 Å². The number of para-hydroxylation sites is 2. The largest absolute Gasteiger partial charge is 0.397 e. The van der Waals surface area contributed by atoms with Gasteiger partial charge < -0.3 is 21.4 Å². The maximum atomic E-state index is 12.4. The molecule has 0 atom stereocenters. The molecule has 0 unspecified atom stereocenters. The number of nitrogen functional groups attached to an aromatic ring is 1. The van der Waals surface area contributed by atoms with E-state index >= 15 is 0 Å². The van der Waals surface area contributed by atoms with Crippen LogP contribution in [0.2, 0.25) is 0 Å². The molecule has 1 amide bonds. The summed E-state index contributed by atoms with van der Waals surface area (Å²) in [6.45, 7) is 0.468. The maximum Gasteiger partial charge on any atom is 0.255 e. The van der Waals surface area contributed by atoms with Gasteiger partial charge in [-0.05, 0) is 35.9 Å². The van der Waals surface area contributed by atoms with E-state index in [4.69, 9.17) is 5.73 Å². The maximum absolute atomic E-state index is 12.4. The summed E-state index contributed by atoms with van der Waals surface area (Å²) in [4.78, 5) is 35.0. The topological polar surface area (TPSA) is 126 Å². The molecule has 2 aromatic carbocycles. The minimum Gasteiger partial charge on any atom is -0.397 e. The zero-order valence-electron chi connectivity index (χ0n) is 15.3. The number of carbonyl (C=O) groups is 1. The number of pyridine rings is 1. The average molecular weight is 386 g/mol.